The molecule has 0 amide bonds. The highest BCUT2D eigenvalue weighted by atomic mass is 16.5. The molecule has 0 spiro atoms. The topological polar surface area (TPSA) is 29.5 Å². The largest absolute Gasteiger partial charge is 0.487 e. The summed E-state index contributed by atoms with van der Waals surface area (Å²) in [6.45, 7) is 3.71. The molecule has 1 aliphatic heterocycles. The lowest BCUT2D eigenvalue weighted by molar-refractivity contribution is 0.0422. The summed E-state index contributed by atoms with van der Waals surface area (Å²) < 4.78 is 5.78. The molecule has 18 heavy (non-hydrogen) atoms. The van der Waals surface area contributed by atoms with Crippen LogP contribution in [0.2, 0.25) is 0 Å². The van der Waals surface area contributed by atoms with Gasteiger partial charge in [-0.15, -0.1) is 6.58 Å². The van der Waals surface area contributed by atoms with Crippen molar-refractivity contribution in [3.63, 3.8) is 0 Å². The van der Waals surface area contributed by atoms with Gasteiger partial charge in [0.15, 0.2) is 0 Å². The van der Waals surface area contributed by atoms with E-state index in [1.807, 2.05) is 24.3 Å². The van der Waals surface area contributed by atoms with Crippen LogP contribution in [0.25, 0.3) is 0 Å². The molecular weight excluding hydrogens is 224 g/mol. The van der Waals surface area contributed by atoms with Crippen LogP contribution in [0.4, 0.5) is 0 Å². The van der Waals surface area contributed by atoms with Gasteiger partial charge in [-0.2, -0.15) is 0 Å². The summed E-state index contributed by atoms with van der Waals surface area (Å²) in [5, 5.41) is 10.1. The Morgan fingerprint density at radius 1 is 1.33 bits per heavy atom. The van der Waals surface area contributed by atoms with Gasteiger partial charge >= 0.3 is 0 Å². The number of aliphatic hydroxyl groups is 1. The minimum Gasteiger partial charge on any atom is -0.487 e. The maximum atomic E-state index is 10.1. The van der Waals surface area contributed by atoms with Gasteiger partial charge in [0.05, 0.1) is 6.10 Å². The molecule has 0 fully saturated rings. The molecule has 0 aromatic heterocycles. The fourth-order valence-electron chi connectivity index (χ4n) is 2.43. The van der Waals surface area contributed by atoms with Gasteiger partial charge in [0.25, 0.3) is 0 Å². The Morgan fingerprint density at radius 3 is 2.94 bits per heavy atom. The van der Waals surface area contributed by atoms with Gasteiger partial charge in [-0.05, 0) is 30.9 Å². The lowest BCUT2D eigenvalue weighted by atomic mass is 10.0. The van der Waals surface area contributed by atoms with Crippen LogP contribution < -0.4 is 4.74 Å². The van der Waals surface area contributed by atoms with Gasteiger partial charge in [-0.25, -0.2) is 0 Å². The molecule has 1 N–H and O–H groups in total. The van der Waals surface area contributed by atoms with E-state index in [2.05, 4.69) is 12.6 Å². The van der Waals surface area contributed by atoms with Crippen LogP contribution in [-0.2, 0) is 6.42 Å². The SMILES string of the molecule is C=CCCCCCC(O)C1Cc2ccccc2O1. The first-order valence-electron chi connectivity index (χ1n) is 6.85. The van der Waals surface area contributed by atoms with Crippen molar-refractivity contribution in [2.45, 2.75) is 50.7 Å². The van der Waals surface area contributed by atoms with Crippen molar-refractivity contribution < 1.29 is 9.84 Å². The Hall–Kier alpha value is -1.28. The minimum atomic E-state index is -0.346. The van der Waals surface area contributed by atoms with E-state index in [0.717, 1.165) is 37.9 Å². The minimum absolute atomic E-state index is 0.0539. The second-order valence-electron chi connectivity index (χ2n) is 4.96. The number of allylic oxidation sites excluding steroid dienone is 1. The van der Waals surface area contributed by atoms with Crippen molar-refractivity contribution in [1.82, 2.24) is 0 Å². The van der Waals surface area contributed by atoms with E-state index in [1.165, 1.54) is 12.0 Å². The average molecular weight is 246 g/mol. The number of fused-ring (bicyclic) bond motifs is 1. The van der Waals surface area contributed by atoms with Gasteiger partial charge in [-0.3, -0.25) is 0 Å². The molecule has 1 aromatic carbocycles. The molecule has 2 nitrogen and oxygen atoms in total. The van der Waals surface area contributed by atoms with Gasteiger partial charge in [0.2, 0.25) is 0 Å². The molecule has 1 heterocycles. The molecule has 0 saturated carbocycles. The maximum Gasteiger partial charge on any atom is 0.129 e. The van der Waals surface area contributed by atoms with Crippen molar-refractivity contribution in [3.8, 4) is 5.75 Å². The number of ether oxygens (including phenoxy) is 1. The fourth-order valence-corrected chi connectivity index (χ4v) is 2.43. The molecule has 0 radical (unpaired) electrons. The van der Waals surface area contributed by atoms with E-state index in [4.69, 9.17) is 4.74 Å². The lowest BCUT2D eigenvalue weighted by Gasteiger charge is -2.17. The van der Waals surface area contributed by atoms with Crippen molar-refractivity contribution in [2.24, 2.45) is 0 Å². The van der Waals surface area contributed by atoms with E-state index in [1.54, 1.807) is 0 Å². The van der Waals surface area contributed by atoms with Crippen LogP contribution in [0.5, 0.6) is 5.75 Å². The van der Waals surface area contributed by atoms with Gasteiger partial charge in [0.1, 0.15) is 11.9 Å². The standard InChI is InChI=1S/C16H22O2/c1-2-3-4-5-6-10-14(17)16-12-13-9-7-8-11-15(13)18-16/h2,7-9,11,14,16-17H,1,3-6,10,12H2. The number of para-hydroxylation sites is 1. The summed E-state index contributed by atoms with van der Waals surface area (Å²) in [4.78, 5) is 0. The Bertz CT molecular complexity index is 361. The molecule has 0 saturated heterocycles. The highest BCUT2D eigenvalue weighted by Gasteiger charge is 2.28. The van der Waals surface area contributed by atoms with Gasteiger partial charge < -0.3 is 9.84 Å². The van der Waals surface area contributed by atoms with E-state index in [-0.39, 0.29) is 12.2 Å². The monoisotopic (exact) mass is 246 g/mol. The third kappa shape index (κ3) is 3.36. The summed E-state index contributed by atoms with van der Waals surface area (Å²) in [7, 11) is 0. The molecule has 2 atom stereocenters. The quantitative estimate of drug-likeness (QED) is 0.589. The molecule has 0 bridgehead atoms. The third-order valence-electron chi connectivity index (χ3n) is 3.51. The van der Waals surface area contributed by atoms with Crippen molar-refractivity contribution >= 4 is 0 Å². The highest BCUT2D eigenvalue weighted by Crippen LogP contribution is 2.30. The van der Waals surface area contributed by atoms with Crippen LogP contribution in [0.1, 0.15) is 37.7 Å². The van der Waals surface area contributed by atoms with Crippen LogP contribution in [-0.4, -0.2) is 17.3 Å². The Labute approximate surface area is 109 Å². The zero-order valence-corrected chi connectivity index (χ0v) is 10.8. The Morgan fingerprint density at radius 2 is 2.17 bits per heavy atom. The van der Waals surface area contributed by atoms with Crippen LogP contribution in [0.15, 0.2) is 36.9 Å². The molecule has 0 aliphatic carbocycles. The normalized spacial score (nSPS) is 19.1. The fraction of sp³-hybridized carbons (Fsp3) is 0.500. The van der Waals surface area contributed by atoms with Crippen LogP contribution in [0, 0.1) is 0 Å². The summed E-state index contributed by atoms with van der Waals surface area (Å²) in [5.74, 6) is 0.938. The number of hydrogen-bond donors (Lipinski definition) is 1. The van der Waals surface area contributed by atoms with Gasteiger partial charge in [0, 0.05) is 6.42 Å². The number of rotatable bonds is 7. The van der Waals surface area contributed by atoms with Crippen molar-refractivity contribution in [2.75, 3.05) is 0 Å². The Balaban J connectivity index is 1.72. The van der Waals surface area contributed by atoms with E-state index >= 15 is 0 Å². The van der Waals surface area contributed by atoms with E-state index < -0.39 is 0 Å². The predicted octanol–water partition coefficient (Wildman–Crippen LogP) is 3.49. The lowest BCUT2D eigenvalue weighted by Crippen LogP contribution is -2.30. The smallest absolute Gasteiger partial charge is 0.129 e. The highest BCUT2D eigenvalue weighted by molar-refractivity contribution is 5.37. The number of hydrogen-bond acceptors (Lipinski definition) is 2. The molecule has 1 aliphatic rings. The van der Waals surface area contributed by atoms with Crippen molar-refractivity contribution in [1.29, 1.82) is 0 Å². The molecule has 2 rings (SSSR count). The second kappa shape index (κ2) is 6.60. The van der Waals surface area contributed by atoms with Crippen LogP contribution in [0.3, 0.4) is 0 Å². The molecular formula is C16H22O2. The van der Waals surface area contributed by atoms with Crippen LogP contribution >= 0.6 is 0 Å². The molecule has 2 heteroatoms. The molecule has 98 valence electrons. The molecule has 1 aromatic rings. The summed E-state index contributed by atoms with van der Waals surface area (Å²) in [6.07, 6.45) is 7.67. The third-order valence-corrected chi connectivity index (χ3v) is 3.51. The van der Waals surface area contributed by atoms with E-state index in [0.29, 0.717) is 0 Å². The van der Waals surface area contributed by atoms with E-state index in [9.17, 15) is 5.11 Å². The first-order valence-corrected chi connectivity index (χ1v) is 6.85. The zero-order chi connectivity index (χ0) is 12.8. The summed E-state index contributed by atoms with van der Waals surface area (Å²) >= 11 is 0. The predicted molar refractivity (Wildman–Crippen MR) is 73.9 cm³/mol. The Kier molecular flexibility index (Phi) is 4.82. The second-order valence-corrected chi connectivity index (χ2v) is 4.96. The zero-order valence-electron chi connectivity index (χ0n) is 10.8. The maximum absolute atomic E-state index is 10.1. The average Bonchev–Trinajstić information content (AvgIpc) is 2.82. The van der Waals surface area contributed by atoms with Gasteiger partial charge in [-0.1, -0.05) is 37.1 Å². The number of benzene rings is 1. The number of unbranched alkanes of at least 4 members (excludes halogenated alkanes) is 3. The van der Waals surface area contributed by atoms with Crippen molar-refractivity contribution in [3.05, 3.63) is 42.5 Å². The first-order chi connectivity index (χ1) is 8.81. The first kappa shape index (κ1) is 13.2. The summed E-state index contributed by atoms with van der Waals surface area (Å²) in [5.41, 5.74) is 1.22. The molecule has 2 unspecified atom stereocenters. The number of aliphatic hydroxyl groups excluding tert-OH is 1. The summed E-state index contributed by atoms with van der Waals surface area (Å²) in [6, 6.07) is 8.05.